The first-order chi connectivity index (χ1) is 13.0. The molecule has 0 aromatic rings. The smallest absolute Gasteiger partial charge is 0.534 e. The first-order valence-corrected chi connectivity index (χ1v) is 9.17. The molecule has 0 bridgehead atoms. The van der Waals surface area contributed by atoms with E-state index in [1.807, 2.05) is 0 Å². The van der Waals surface area contributed by atoms with Crippen LogP contribution < -0.4 is 5.32 Å². The van der Waals surface area contributed by atoms with E-state index < -0.39 is 37.2 Å². The maximum atomic E-state index is 12.4. The highest BCUT2D eigenvalue weighted by atomic mass is 16.7. The number of rotatable bonds is 5. The van der Waals surface area contributed by atoms with Gasteiger partial charge in [0.2, 0.25) is 12.7 Å². The molecule has 2 rings (SSSR count). The number of nitrogens with one attached hydrogen (secondary N) is 1. The second-order valence-corrected chi connectivity index (χ2v) is 7.73. The number of amides is 1. The molecule has 0 saturated heterocycles. The summed E-state index contributed by atoms with van der Waals surface area (Å²) in [6, 6.07) is 0. The van der Waals surface area contributed by atoms with Crippen molar-refractivity contribution in [1.29, 1.82) is 0 Å². The molecule has 0 unspecified atom stereocenters. The van der Waals surface area contributed by atoms with Crippen molar-refractivity contribution in [2.24, 2.45) is 5.41 Å². The van der Waals surface area contributed by atoms with E-state index in [0.29, 0.717) is 12.0 Å². The molecule has 0 saturated carbocycles. The Morgan fingerprint density at radius 1 is 1.25 bits per heavy atom. The fourth-order valence-electron chi connectivity index (χ4n) is 2.79. The number of hydrogen-bond acceptors (Lipinski definition) is 8. The average Bonchev–Trinajstić information content (AvgIpc) is 2.61. The molecule has 28 heavy (non-hydrogen) atoms. The van der Waals surface area contributed by atoms with Crippen LogP contribution in [0.5, 0.6) is 0 Å². The topological polar surface area (TPSA) is 131 Å². The number of ether oxygens (including phenoxy) is 2. The van der Waals surface area contributed by atoms with Crippen LogP contribution in [0.2, 0.25) is 0 Å². The first-order valence-electron chi connectivity index (χ1n) is 9.17. The molecule has 9 nitrogen and oxygen atoms in total. The van der Waals surface area contributed by atoms with Crippen LogP contribution in [0.25, 0.3) is 0 Å². The van der Waals surface area contributed by atoms with Crippen LogP contribution in [0.4, 0.5) is 0 Å². The van der Waals surface area contributed by atoms with E-state index in [0.717, 1.165) is 0 Å². The molecule has 1 heterocycles. The number of allylic oxidation sites excluding steroid dienone is 1. The zero-order chi connectivity index (χ0) is 21.1. The SMILES string of the molecule is CCC(=O)N[C@H]1CC2=C(OB1O)C(C(=O)OCOC(=O)C(C)(C)C)=C(O)CC2. The third kappa shape index (κ3) is 5.06. The summed E-state index contributed by atoms with van der Waals surface area (Å²) in [6.07, 6.45) is 1.16. The molecule has 154 valence electrons. The summed E-state index contributed by atoms with van der Waals surface area (Å²) in [6.45, 7) is 6.07. The van der Waals surface area contributed by atoms with E-state index in [2.05, 4.69) is 5.32 Å². The fourth-order valence-corrected chi connectivity index (χ4v) is 2.79. The van der Waals surface area contributed by atoms with Gasteiger partial charge in [-0.1, -0.05) is 6.92 Å². The van der Waals surface area contributed by atoms with Gasteiger partial charge in [0.05, 0.1) is 11.4 Å². The number of hydrogen-bond donors (Lipinski definition) is 3. The van der Waals surface area contributed by atoms with Gasteiger partial charge in [0.15, 0.2) is 0 Å². The van der Waals surface area contributed by atoms with Crippen molar-refractivity contribution in [3.05, 3.63) is 22.7 Å². The Morgan fingerprint density at radius 3 is 2.54 bits per heavy atom. The van der Waals surface area contributed by atoms with E-state index in [9.17, 15) is 24.5 Å². The molecular weight excluding hydrogens is 369 g/mol. The predicted molar refractivity (Wildman–Crippen MR) is 98.3 cm³/mol. The number of esters is 2. The molecule has 0 aromatic heterocycles. The summed E-state index contributed by atoms with van der Waals surface area (Å²) in [5.74, 6) is -2.52. The zero-order valence-electron chi connectivity index (χ0n) is 16.5. The zero-order valence-corrected chi connectivity index (χ0v) is 16.5. The minimum absolute atomic E-state index is 0.0467. The number of carbonyl (C=O) groups is 3. The third-order valence-electron chi connectivity index (χ3n) is 4.41. The standard InChI is InChI=1S/C18H26BNO8/c1-5-13(22)20-12-8-10-6-7-11(21)14(15(10)28-19(12)25)16(23)26-9-27-17(24)18(2,3)4/h12,21,25H,5-9H2,1-4H3,(H,20,22)/t12-/m0/s1. The van der Waals surface area contributed by atoms with Gasteiger partial charge in [-0.3, -0.25) is 9.59 Å². The Labute approximate surface area is 163 Å². The number of carbonyl (C=O) groups excluding carboxylic acids is 3. The van der Waals surface area contributed by atoms with E-state index >= 15 is 0 Å². The van der Waals surface area contributed by atoms with Crippen molar-refractivity contribution in [2.45, 2.75) is 59.3 Å². The summed E-state index contributed by atoms with van der Waals surface area (Å²) in [7, 11) is -1.37. The van der Waals surface area contributed by atoms with Crippen molar-refractivity contribution in [3.63, 3.8) is 0 Å². The van der Waals surface area contributed by atoms with E-state index in [1.54, 1.807) is 27.7 Å². The third-order valence-corrected chi connectivity index (χ3v) is 4.41. The second-order valence-electron chi connectivity index (χ2n) is 7.73. The van der Waals surface area contributed by atoms with Crippen LogP contribution in [-0.2, 0) is 28.5 Å². The number of aliphatic hydroxyl groups excluding tert-OH is 1. The van der Waals surface area contributed by atoms with Crippen LogP contribution in [0.15, 0.2) is 22.7 Å². The van der Waals surface area contributed by atoms with Gasteiger partial charge >= 0.3 is 19.1 Å². The van der Waals surface area contributed by atoms with Gasteiger partial charge < -0.3 is 29.6 Å². The highest BCUT2D eigenvalue weighted by molar-refractivity contribution is 6.46. The highest BCUT2D eigenvalue weighted by Crippen LogP contribution is 2.36. The Kier molecular flexibility index (Phi) is 6.76. The van der Waals surface area contributed by atoms with Gasteiger partial charge in [0, 0.05) is 12.8 Å². The average molecular weight is 395 g/mol. The summed E-state index contributed by atoms with van der Waals surface area (Å²) in [5.41, 5.74) is -0.265. The van der Waals surface area contributed by atoms with Crippen LogP contribution in [0, 0.1) is 5.41 Å². The van der Waals surface area contributed by atoms with E-state index in [-0.39, 0.29) is 42.3 Å². The molecule has 1 aliphatic heterocycles. The molecule has 0 fully saturated rings. The lowest BCUT2D eigenvalue weighted by Crippen LogP contribution is -2.50. The van der Waals surface area contributed by atoms with Crippen molar-refractivity contribution >= 4 is 25.0 Å². The lowest BCUT2D eigenvalue weighted by Gasteiger charge is -2.33. The summed E-state index contributed by atoms with van der Waals surface area (Å²) >= 11 is 0. The van der Waals surface area contributed by atoms with Crippen molar-refractivity contribution < 1.29 is 38.6 Å². The van der Waals surface area contributed by atoms with Crippen molar-refractivity contribution in [1.82, 2.24) is 5.32 Å². The molecule has 1 amide bonds. The second kappa shape index (κ2) is 8.68. The number of aliphatic hydroxyl groups is 1. The van der Waals surface area contributed by atoms with Crippen LogP contribution in [0.3, 0.4) is 0 Å². The Balaban J connectivity index is 2.09. The lowest BCUT2D eigenvalue weighted by atomic mass is 9.70. The Morgan fingerprint density at radius 2 is 1.93 bits per heavy atom. The normalized spacial score (nSPS) is 19.6. The maximum Gasteiger partial charge on any atom is 0.547 e. The van der Waals surface area contributed by atoms with Gasteiger partial charge in [-0.05, 0) is 39.2 Å². The van der Waals surface area contributed by atoms with Crippen LogP contribution in [0.1, 0.15) is 53.4 Å². The van der Waals surface area contributed by atoms with Gasteiger partial charge in [-0.25, -0.2) is 4.79 Å². The monoisotopic (exact) mass is 395 g/mol. The molecule has 10 heteroatoms. The van der Waals surface area contributed by atoms with Gasteiger partial charge in [0.25, 0.3) is 0 Å². The molecule has 0 spiro atoms. The van der Waals surface area contributed by atoms with Crippen LogP contribution >= 0.6 is 0 Å². The molecular formula is C18H26BNO8. The van der Waals surface area contributed by atoms with E-state index in [4.69, 9.17) is 14.1 Å². The molecule has 1 aliphatic carbocycles. The van der Waals surface area contributed by atoms with E-state index in [1.165, 1.54) is 0 Å². The van der Waals surface area contributed by atoms with Crippen molar-refractivity contribution in [2.75, 3.05) is 6.79 Å². The molecule has 1 atom stereocenters. The highest BCUT2D eigenvalue weighted by Gasteiger charge is 2.42. The lowest BCUT2D eigenvalue weighted by molar-refractivity contribution is -0.171. The van der Waals surface area contributed by atoms with Gasteiger partial charge in [-0.15, -0.1) is 0 Å². The Hall–Kier alpha value is -2.49. The summed E-state index contributed by atoms with van der Waals surface area (Å²) in [5, 5.41) is 23.0. The predicted octanol–water partition coefficient (Wildman–Crippen LogP) is 1.27. The molecule has 0 aromatic carbocycles. The molecule has 3 N–H and O–H groups in total. The molecule has 0 radical (unpaired) electrons. The summed E-state index contributed by atoms with van der Waals surface area (Å²) in [4.78, 5) is 35.7. The first kappa shape index (κ1) is 21.8. The van der Waals surface area contributed by atoms with Crippen LogP contribution in [-0.4, -0.2) is 47.8 Å². The quantitative estimate of drug-likeness (QED) is 0.360. The minimum Gasteiger partial charge on any atom is -0.534 e. The largest absolute Gasteiger partial charge is 0.547 e. The van der Waals surface area contributed by atoms with Gasteiger partial charge in [-0.2, -0.15) is 0 Å². The van der Waals surface area contributed by atoms with Gasteiger partial charge in [0.1, 0.15) is 17.1 Å². The maximum absolute atomic E-state index is 12.4. The Bertz CT molecular complexity index is 722. The fraction of sp³-hybridized carbons (Fsp3) is 0.611. The summed E-state index contributed by atoms with van der Waals surface area (Å²) < 4.78 is 15.3. The molecule has 2 aliphatic rings. The minimum atomic E-state index is -1.37. The van der Waals surface area contributed by atoms with Crippen molar-refractivity contribution in [3.8, 4) is 0 Å².